The molecule has 0 aromatic heterocycles. The van der Waals surface area contributed by atoms with E-state index in [9.17, 15) is 0 Å². The van der Waals surface area contributed by atoms with Gasteiger partial charge in [-0.05, 0) is 56.2 Å². The Hall–Kier alpha value is -0.380. The molecule has 1 aliphatic rings. The molecule has 0 bridgehead atoms. The van der Waals surface area contributed by atoms with Crippen molar-refractivity contribution in [2.45, 2.75) is 44.7 Å². The first kappa shape index (κ1) is 14.0. The molecule has 1 saturated carbocycles. The molecule has 0 radical (unpaired) electrons. The zero-order valence-corrected chi connectivity index (χ0v) is 12.5. The number of nitrogens with one attached hydrogen (secondary N) is 1. The predicted octanol–water partition coefficient (Wildman–Crippen LogP) is 3.65. The Labute approximate surface area is 118 Å². The normalized spacial score (nSPS) is 25.9. The maximum atomic E-state index is 9.14. The van der Waals surface area contributed by atoms with E-state index in [2.05, 4.69) is 52.4 Å². The Morgan fingerprint density at radius 2 is 2.06 bits per heavy atom. The zero-order valence-electron chi connectivity index (χ0n) is 10.9. The SMILES string of the molecule is CC(NC1CCC(CO)CC1)c1cccc(Br)c1. The molecule has 100 valence electrons. The van der Waals surface area contributed by atoms with Gasteiger partial charge in [0.25, 0.3) is 0 Å². The Morgan fingerprint density at radius 1 is 1.33 bits per heavy atom. The van der Waals surface area contributed by atoms with Crippen molar-refractivity contribution in [1.82, 2.24) is 5.32 Å². The van der Waals surface area contributed by atoms with Crippen LogP contribution in [0.5, 0.6) is 0 Å². The van der Waals surface area contributed by atoms with Crippen LogP contribution < -0.4 is 5.32 Å². The lowest BCUT2D eigenvalue weighted by molar-refractivity contribution is 0.172. The van der Waals surface area contributed by atoms with Gasteiger partial charge in [-0.3, -0.25) is 0 Å². The molecule has 1 aromatic rings. The third kappa shape index (κ3) is 3.81. The Morgan fingerprint density at radius 3 is 2.67 bits per heavy atom. The van der Waals surface area contributed by atoms with Crippen LogP contribution in [-0.4, -0.2) is 17.8 Å². The summed E-state index contributed by atoms with van der Waals surface area (Å²) in [4.78, 5) is 0. The first-order valence-electron chi connectivity index (χ1n) is 6.81. The second kappa shape index (κ2) is 6.69. The summed E-state index contributed by atoms with van der Waals surface area (Å²) in [7, 11) is 0. The zero-order chi connectivity index (χ0) is 13.0. The summed E-state index contributed by atoms with van der Waals surface area (Å²) in [6.07, 6.45) is 4.67. The maximum absolute atomic E-state index is 9.14. The molecule has 1 unspecified atom stereocenters. The first-order valence-corrected chi connectivity index (χ1v) is 7.60. The van der Waals surface area contributed by atoms with Crippen LogP contribution in [0, 0.1) is 5.92 Å². The van der Waals surface area contributed by atoms with Crippen LogP contribution in [0.1, 0.15) is 44.2 Å². The minimum absolute atomic E-state index is 0.355. The highest BCUT2D eigenvalue weighted by Crippen LogP contribution is 2.26. The highest BCUT2D eigenvalue weighted by molar-refractivity contribution is 9.10. The van der Waals surface area contributed by atoms with Crippen molar-refractivity contribution in [2.24, 2.45) is 5.92 Å². The van der Waals surface area contributed by atoms with Crippen molar-refractivity contribution in [3.05, 3.63) is 34.3 Å². The lowest BCUT2D eigenvalue weighted by Gasteiger charge is -2.30. The third-order valence-electron chi connectivity index (χ3n) is 3.94. The molecule has 0 aliphatic heterocycles. The summed E-state index contributed by atoms with van der Waals surface area (Å²) in [6.45, 7) is 2.58. The minimum atomic E-state index is 0.355. The van der Waals surface area contributed by atoms with Crippen LogP contribution in [0.15, 0.2) is 28.7 Å². The predicted molar refractivity (Wildman–Crippen MR) is 78.5 cm³/mol. The van der Waals surface area contributed by atoms with E-state index in [0.717, 1.165) is 17.3 Å². The standard InChI is InChI=1S/C15H22BrNO/c1-11(13-3-2-4-14(16)9-13)17-15-7-5-12(10-18)6-8-15/h2-4,9,11-12,15,17-18H,5-8,10H2,1H3. The van der Waals surface area contributed by atoms with Crippen molar-refractivity contribution >= 4 is 15.9 Å². The monoisotopic (exact) mass is 311 g/mol. The van der Waals surface area contributed by atoms with Crippen LogP contribution in [0.3, 0.4) is 0 Å². The summed E-state index contributed by atoms with van der Waals surface area (Å²) in [5.74, 6) is 0.532. The first-order chi connectivity index (χ1) is 8.69. The quantitative estimate of drug-likeness (QED) is 0.889. The highest BCUT2D eigenvalue weighted by atomic mass is 79.9. The van der Waals surface area contributed by atoms with Crippen molar-refractivity contribution in [3.8, 4) is 0 Å². The topological polar surface area (TPSA) is 32.3 Å². The van der Waals surface area contributed by atoms with Gasteiger partial charge in [0.1, 0.15) is 0 Å². The van der Waals surface area contributed by atoms with Crippen molar-refractivity contribution in [2.75, 3.05) is 6.61 Å². The van der Waals surface area contributed by atoms with Crippen LogP contribution in [0.4, 0.5) is 0 Å². The smallest absolute Gasteiger partial charge is 0.0459 e. The van der Waals surface area contributed by atoms with Gasteiger partial charge in [-0.1, -0.05) is 28.1 Å². The van der Waals surface area contributed by atoms with E-state index >= 15 is 0 Å². The number of benzene rings is 1. The largest absolute Gasteiger partial charge is 0.396 e. The van der Waals surface area contributed by atoms with Gasteiger partial charge in [0.15, 0.2) is 0 Å². The molecule has 0 heterocycles. The van der Waals surface area contributed by atoms with Crippen molar-refractivity contribution in [3.63, 3.8) is 0 Å². The number of aliphatic hydroxyl groups excluding tert-OH is 1. The van der Waals surface area contributed by atoms with E-state index in [4.69, 9.17) is 5.11 Å². The van der Waals surface area contributed by atoms with Gasteiger partial charge in [0.2, 0.25) is 0 Å². The molecule has 2 nitrogen and oxygen atoms in total. The van der Waals surface area contributed by atoms with E-state index in [1.165, 1.54) is 18.4 Å². The van der Waals surface area contributed by atoms with Crippen molar-refractivity contribution in [1.29, 1.82) is 0 Å². The molecule has 18 heavy (non-hydrogen) atoms. The van der Waals surface area contributed by atoms with Gasteiger partial charge in [-0.15, -0.1) is 0 Å². The molecule has 0 amide bonds. The fourth-order valence-electron chi connectivity index (χ4n) is 2.74. The summed E-state index contributed by atoms with van der Waals surface area (Å²) < 4.78 is 1.14. The van der Waals surface area contributed by atoms with E-state index in [1.807, 2.05) is 0 Å². The molecule has 1 fully saturated rings. The highest BCUT2D eigenvalue weighted by Gasteiger charge is 2.21. The molecule has 2 N–H and O–H groups in total. The lowest BCUT2D eigenvalue weighted by Crippen LogP contribution is -2.35. The van der Waals surface area contributed by atoms with Gasteiger partial charge in [0, 0.05) is 23.2 Å². The molecule has 1 aromatic carbocycles. The average molecular weight is 312 g/mol. The second-order valence-electron chi connectivity index (χ2n) is 5.34. The van der Waals surface area contributed by atoms with Crippen LogP contribution >= 0.6 is 15.9 Å². The molecule has 1 atom stereocenters. The van der Waals surface area contributed by atoms with Gasteiger partial charge >= 0.3 is 0 Å². The Kier molecular flexibility index (Phi) is 5.22. The number of hydrogen-bond donors (Lipinski definition) is 2. The number of rotatable bonds is 4. The van der Waals surface area contributed by atoms with Crippen LogP contribution in [-0.2, 0) is 0 Å². The van der Waals surface area contributed by atoms with E-state index < -0.39 is 0 Å². The Balaban J connectivity index is 1.86. The van der Waals surface area contributed by atoms with Gasteiger partial charge in [0.05, 0.1) is 0 Å². The third-order valence-corrected chi connectivity index (χ3v) is 4.43. The maximum Gasteiger partial charge on any atom is 0.0459 e. The summed E-state index contributed by atoms with van der Waals surface area (Å²) >= 11 is 3.52. The summed E-state index contributed by atoms with van der Waals surface area (Å²) in [5.41, 5.74) is 1.33. The van der Waals surface area contributed by atoms with Crippen LogP contribution in [0.2, 0.25) is 0 Å². The number of hydrogen-bond acceptors (Lipinski definition) is 2. The molecule has 0 spiro atoms. The number of halogens is 1. The Bertz CT molecular complexity index is 375. The van der Waals surface area contributed by atoms with Gasteiger partial charge in [-0.25, -0.2) is 0 Å². The molecular formula is C15H22BrNO. The second-order valence-corrected chi connectivity index (χ2v) is 6.26. The average Bonchev–Trinajstić information content (AvgIpc) is 2.39. The van der Waals surface area contributed by atoms with E-state index in [1.54, 1.807) is 0 Å². The number of aliphatic hydroxyl groups is 1. The molecule has 2 rings (SSSR count). The van der Waals surface area contributed by atoms with Crippen LogP contribution in [0.25, 0.3) is 0 Å². The molecule has 1 aliphatic carbocycles. The van der Waals surface area contributed by atoms with E-state index in [0.29, 0.717) is 24.6 Å². The lowest BCUT2D eigenvalue weighted by atomic mass is 9.86. The van der Waals surface area contributed by atoms with Gasteiger partial charge < -0.3 is 10.4 Å². The molecular weight excluding hydrogens is 290 g/mol. The summed E-state index contributed by atoms with van der Waals surface area (Å²) in [6, 6.07) is 9.47. The minimum Gasteiger partial charge on any atom is -0.396 e. The summed E-state index contributed by atoms with van der Waals surface area (Å²) in [5, 5.41) is 12.8. The fraction of sp³-hybridized carbons (Fsp3) is 0.600. The molecule has 0 saturated heterocycles. The fourth-order valence-corrected chi connectivity index (χ4v) is 3.15. The molecule has 3 heteroatoms. The van der Waals surface area contributed by atoms with Crippen molar-refractivity contribution < 1.29 is 5.11 Å². The van der Waals surface area contributed by atoms with E-state index in [-0.39, 0.29) is 0 Å². The van der Waals surface area contributed by atoms with Gasteiger partial charge in [-0.2, -0.15) is 0 Å².